The molecule has 0 fully saturated rings. The van der Waals surface area contributed by atoms with E-state index in [1.165, 1.54) is 4.90 Å². The minimum absolute atomic E-state index is 0.111. The molecule has 15 heavy (non-hydrogen) atoms. The van der Waals surface area contributed by atoms with Crippen molar-refractivity contribution in [1.29, 1.82) is 0 Å². The second-order valence-electron chi connectivity index (χ2n) is 3.92. The Morgan fingerprint density at radius 2 is 2.00 bits per heavy atom. The molecule has 88 valence electrons. The molecule has 5 nitrogen and oxygen atoms in total. The molecule has 0 aliphatic rings. The minimum Gasteiger partial charge on any atom is -0.480 e. The van der Waals surface area contributed by atoms with E-state index in [4.69, 9.17) is 5.11 Å². The van der Waals surface area contributed by atoms with Gasteiger partial charge in [0.2, 0.25) is 5.91 Å². The average molecular weight is 216 g/mol. The first-order valence-corrected chi connectivity index (χ1v) is 5.11. The van der Waals surface area contributed by atoms with Crippen molar-refractivity contribution in [2.45, 2.75) is 20.3 Å². The van der Waals surface area contributed by atoms with Gasteiger partial charge in [0.25, 0.3) is 0 Å². The van der Waals surface area contributed by atoms with E-state index >= 15 is 0 Å². The number of carbonyl (C=O) groups is 2. The first kappa shape index (κ1) is 13.9. The van der Waals surface area contributed by atoms with E-state index in [1.807, 2.05) is 13.8 Å². The number of carboxylic acids is 1. The first-order chi connectivity index (χ1) is 6.97. The second-order valence-corrected chi connectivity index (χ2v) is 3.92. The van der Waals surface area contributed by atoms with Gasteiger partial charge in [0.1, 0.15) is 6.54 Å². The van der Waals surface area contributed by atoms with E-state index in [1.54, 1.807) is 7.05 Å². The summed E-state index contributed by atoms with van der Waals surface area (Å²) in [4.78, 5) is 23.5. The van der Waals surface area contributed by atoms with Gasteiger partial charge in [-0.05, 0) is 13.0 Å². The third-order valence-corrected chi connectivity index (χ3v) is 1.85. The van der Waals surface area contributed by atoms with E-state index in [0.717, 1.165) is 0 Å². The zero-order valence-electron chi connectivity index (χ0n) is 9.62. The van der Waals surface area contributed by atoms with Gasteiger partial charge in [0.05, 0.1) is 0 Å². The molecule has 0 saturated carbocycles. The van der Waals surface area contributed by atoms with Crippen molar-refractivity contribution in [2.24, 2.45) is 5.92 Å². The second kappa shape index (κ2) is 7.23. The fourth-order valence-electron chi connectivity index (χ4n) is 1.25. The number of carbonyl (C=O) groups excluding carboxylic acids is 1. The van der Waals surface area contributed by atoms with Crippen molar-refractivity contribution in [3.8, 4) is 0 Å². The van der Waals surface area contributed by atoms with Gasteiger partial charge in [-0.15, -0.1) is 0 Å². The summed E-state index contributed by atoms with van der Waals surface area (Å²) >= 11 is 0. The monoisotopic (exact) mass is 216 g/mol. The normalized spacial score (nSPS) is 10.4. The molecule has 0 unspecified atom stereocenters. The number of nitrogens with zero attached hydrogens (tertiary/aromatic N) is 1. The number of amides is 1. The van der Waals surface area contributed by atoms with Crippen LogP contribution in [-0.4, -0.2) is 48.6 Å². The van der Waals surface area contributed by atoms with Gasteiger partial charge < -0.3 is 15.3 Å². The molecule has 0 aromatic carbocycles. The molecule has 0 aliphatic heterocycles. The zero-order chi connectivity index (χ0) is 11.8. The van der Waals surface area contributed by atoms with Crippen molar-refractivity contribution < 1.29 is 14.7 Å². The van der Waals surface area contributed by atoms with Crippen LogP contribution in [-0.2, 0) is 9.59 Å². The maximum Gasteiger partial charge on any atom is 0.323 e. The van der Waals surface area contributed by atoms with Crippen LogP contribution in [0.1, 0.15) is 20.3 Å². The molecule has 5 heteroatoms. The molecule has 0 aromatic rings. The van der Waals surface area contributed by atoms with Crippen molar-refractivity contribution in [2.75, 3.05) is 26.7 Å². The lowest BCUT2D eigenvalue weighted by atomic mass is 10.2. The smallest absolute Gasteiger partial charge is 0.323 e. The maximum absolute atomic E-state index is 11.6. The first-order valence-electron chi connectivity index (χ1n) is 5.11. The van der Waals surface area contributed by atoms with E-state index in [0.29, 0.717) is 19.5 Å². The summed E-state index contributed by atoms with van der Waals surface area (Å²) in [6.45, 7) is 4.78. The summed E-state index contributed by atoms with van der Waals surface area (Å²) in [5.74, 6) is -0.795. The van der Waals surface area contributed by atoms with Crippen LogP contribution in [0.4, 0.5) is 0 Å². The number of hydrogen-bond donors (Lipinski definition) is 2. The predicted molar refractivity (Wildman–Crippen MR) is 57.6 cm³/mol. The quantitative estimate of drug-likeness (QED) is 0.636. The Morgan fingerprint density at radius 1 is 1.40 bits per heavy atom. The Kier molecular flexibility index (Phi) is 6.70. The zero-order valence-corrected chi connectivity index (χ0v) is 9.62. The fraction of sp³-hybridized carbons (Fsp3) is 0.800. The molecular weight excluding hydrogens is 196 g/mol. The summed E-state index contributed by atoms with van der Waals surface area (Å²) < 4.78 is 0. The Hall–Kier alpha value is -1.10. The van der Waals surface area contributed by atoms with Crippen LogP contribution in [0.5, 0.6) is 0 Å². The third kappa shape index (κ3) is 6.90. The van der Waals surface area contributed by atoms with Crippen molar-refractivity contribution in [3.63, 3.8) is 0 Å². The summed E-state index contributed by atoms with van der Waals surface area (Å²) in [5, 5.41) is 11.5. The van der Waals surface area contributed by atoms with Crippen LogP contribution in [0.3, 0.4) is 0 Å². The van der Waals surface area contributed by atoms with Gasteiger partial charge in [-0.25, -0.2) is 0 Å². The number of carboxylic acid groups (broad SMARTS) is 1. The van der Waals surface area contributed by atoms with Crippen LogP contribution in [0.15, 0.2) is 0 Å². The predicted octanol–water partition coefficient (Wildman–Crippen LogP) is 0.165. The molecular formula is C10H20N2O3. The highest BCUT2D eigenvalue weighted by molar-refractivity contribution is 5.81. The topological polar surface area (TPSA) is 69.6 Å². The highest BCUT2D eigenvalue weighted by Gasteiger charge is 2.16. The van der Waals surface area contributed by atoms with Crippen LogP contribution in [0, 0.1) is 5.92 Å². The van der Waals surface area contributed by atoms with Gasteiger partial charge in [0.15, 0.2) is 0 Å². The molecule has 0 bridgehead atoms. The van der Waals surface area contributed by atoms with E-state index in [-0.39, 0.29) is 18.4 Å². The summed E-state index contributed by atoms with van der Waals surface area (Å²) in [6.07, 6.45) is 0.344. The van der Waals surface area contributed by atoms with E-state index in [9.17, 15) is 9.59 Å². The van der Waals surface area contributed by atoms with Crippen molar-refractivity contribution >= 4 is 11.9 Å². The van der Waals surface area contributed by atoms with Crippen LogP contribution >= 0.6 is 0 Å². The molecule has 0 radical (unpaired) electrons. The Bertz CT molecular complexity index is 217. The van der Waals surface area contributed by atoms with Crippen LogP contribution < -0.4 is 5.32 Å². The van der Waals surface area contributed by atoms with Gasteiger partial charge in [-0.3, -0.25) is 9.59 Å². The molecule has 0 aromatic heterocycles. The molecule has 0 aliphatic carbocycles. The molecule has 2 N–H and O–H groups in total. The van der Waals surface area contributed by atoms with Crippen LogP contribution in [0.2, 0.25) is 0 Å². The van der Waals surface area contributed by atoms with E-state index < -0.39 is 5.97 Å². The Morgan fingerprint density at radius 3 is 2.40 bits per heavy atom. The molecule has 0 spiro atoms. The number of nitrogens with one attached hydrogen (secondary N) is 1. The van der Waals surface area contributed by atoms with Crippen molar-refractivity contribution in [1.82, 2.24) is 10.2 Å². The third-order valence-electron chi connectivity index (χ3n) is 1.85. The van der Waals surface area contributed by atoms with Gasteiger partial charge in [-0.2, -0.15) is 0 Å². The molecule has 0 heterocycles. The standard InChI is InChI=1S/C10H20N2O3/c1-8(2)6-12(7-10(14)15)9(13)4-5-11-3/h8,11H,4-7H2,1-3H3,(H,14,15). The summed E-state index contributed by atoms with van der Waals surface area (Å²) in [5.41, 5.74) is 0. The lowest BCUT2D eigenvalue weighted by molar-refractivity contribution is -0.144. The largest absolute Gasteiger partial charge is 0.480 e. The van der Waals surface area contributed by atoms with Gasteiger partial charge in [0, 0.05) is 19.5 Å². The lowest BCUT2D eigenvalue weighted by Gasteiger charge is -2.22. The SMILES string of the molecule is CNCCC(=O)N(CC(=O)O)CC(C)C. The number of aliphatic carboxylic acids is 1. The summed E-state index contributed by atoms with van der Waals surface area (Å²) in [7, 11) is 1.76. The average Bonchev–Trinajstić information content (AvgIpc) is 2.11. The molecule has 1 amide bonds. The van der Waals surface area contributed by atoms with Gasteiger partial charge >= 0.3 is 5.97 Å². The number of hydrogen-bond acceptors (Lipinski definition) is 3. The molecule has 0 atom stereocenters. The van der Waals surface area contributed by atoms with Crippen LogP contribution in [0.25, 0.3) is 0 Å². The number of rotatable bonds is 7. The fourth-order valence-corrected chi connectivity index (χ4v) is 1.25. The molecule has 0 saturated heterocycles. The lowest BCUT2D eigenvalue weighted by Crippen LogP contribution is -2.39. The summed E-state index contributed by atoms with van der Waals surface area (Å²) in [6, 6.07) is 0. The van der Waals surface area contributed by atoms with Gasteiger partial charge in [-0.1, -0.05) is 13.8 Å². The minimum atomic E-state index is -0.964. The highest BCUT2D eigenvalue weighted by atomic mass is 16.4. The van der Waals surface area contributed by atoms with E-state index in [2.05, 4.69) is 5.32 Å². The van der Waals surface area contributed by atoms with Crippen molar-refractivity contribution in [3.05, 3.63) is 0 Å². The highest BCUT2D eigenvalue weighted by Crippen LogP contribution is 2.01. The molecule has 0 rings (SSSR count). The Balaban J connectivity index is 4.20. The Labute approximate surface area is 90.5 Å². The maximum atomic E-state index is 11.6.